The van der Waals surface area contributed by atoms with Gasteiger partial charge in [0.15, 0.2) is 0 Å². The van der Waals surface area contributed by atoms with Crippen molar-refractivity contribution >= 4 is 11.6 Å². The highest BCUT2D eigenvalue weighted by molar-refractivity contribution is 6.30. The van der Waals surface area contributed by atoms with Crippen molar-refractivity contribution < 1.29 is 5.11 Å². The number of aliphatic hydroxyl groups is 1. The molecule has 2 nitrogen and oxygen atoms in total. The number of nitrogens with one attached hydrogen (secondary N) is 1. The van der Waals surface area contributed by atoms with Gasteiger partial charge in [-0.1, -0.05) is 23.7 Å². The largest absolute Gasteiger partial charge is 0.396 e. The second kappa shape index (κ2) is 6.11. The molecule has 0 amide bonds. The molecule has 0 fully saturated rings. The van der Waals surface area contributed by atoms with E-state index in [0.29, 0.717) is 6.04 Å². The van der Waals surface area contributed by atoms with Gasteiger partial charge in [0, 0.05) is 23.7 Å². The van der Waals surface area contributed by atoms with Gasteiger partial charge in [0.2, 0.25) is 0 Å². The maximum atomic E-state index is 8.80. The molecule has 1 aromatic rings. The molecule has 0 saturated carbocycles. The van der Waals surface area contributed by atoms with Crippen LogP contribution in [0.15, 0.2) is 24.3 Å². The van der Waals surface area contributed by atoms with Gasteiger partial charge in [-0.05, 0) is 38.0 Å². The maximum absolute atomic E-state index is 8.80. The highest BCUT2D eigenvalue weighted by atomic mass is 35.5. The molecule has 3 heteroatoms. The molecule has 1 rings (SSSR count). The van der Waals surface area contributed by atoms with Crippen LogP contribution in [0.25, 0.3) is 0 Å². The number of rotatable bonds is 5. The van der Waals surface area contributed by atoms with E-state index in [1.165, 1.54) is 5.56 Å². The first-order valence-electron chi connectivity index (χ1n) is 5.26. The Morgan fingerprint density at radius 1 is 1.40 bits per heavy atom. The van der Waals surface area contributed by atoms with Crippen LogP contribution < -0.4 is 5.32 Å². The molecular formula is C12H18ClNO. The lowest BCUT2D eigenvalue weighted by Crippen LogP contribution is -2.29. The van der Waals surface area contributed by atoms with E-state index >= 15 is 0 Å². The first-order valence-corrected chi connectivity index (χ1v) is 5.63. The molecular weight excluding hydrogens is 210 g/mol. The van der Waals surface area contributed by atoms with Crippen molar-refractivity contribution in [2.75, 3.05) is 6.61 Å². The van der Waals surface area contributed by atoms with Crippen LogP contribution in [0.4, 0.5) is 0 Å². The molecule has 15 heavy (non-hydrogen) atoms. The van der Waals surface area contributed by atoms with Gasteiger partial charge in [0.1, 0.15) is 0 Å². The van der Waals surface area contributed by atoms with Crippen molar-refractivity contribution in [2.24, 2.45) is 0 Å². The Labute approximate surface area is 96.3 Å². The highest BCUT2D eigenvalue weighted by Gasteiger charge is 2.08. The van der Waals surface area contributed by atoms with Crippen molar-refractivity contribution in [3.05, 3.63) is 34.9 Å². The number of benzene rings is 1. The Hall–Kier alpha value is -0.570. The van der Waals surface area contributed by atoms with Gasteiger partial charge in [0.05, 0.1) is 0 Å². The lowest BCUT2D eigenvalue weighted by molar-refractivity contribution is 0.264. The summed E-state index contributed by atoms with van der Waals surface area (Å²) >= 11 is 5.92. The predicted molar refractivity (Wildman–Crippen MR) is 64.2 cm³/mol. The summed E-state index contributed by atoms with van der Waals surface area (Å²) in [4.78, 5) is 0. The number of hydrogen-bond donors (Lipinski definition) is 2. The van der Waals surface area contributed by atoms with E-state index in [9.17, 15) is 0 Å². The fourth-order valence-electron chi connectivity index (χ4n) is 1.58. The average Bonchev–Trinajstić information content (AvgIpc) is 2.18. The Morgan fingerprint density at radius 3 is 2.73 bits per heavy atom. The van der Waals surface area contributed by atoms with Gasteiger partial charge >= 0.3 is 0 Å². The van der Waals surface area contributed by atoms with Crippen LogP contribution in [0, 0.1) is 0 Å². The van der Waals surface area contributed by atoms with Gasteiger partial charge in [-0.2, -0.15) is 0 Å². The molecule has 1 aromatic carbocycles. The first kappa shape index (κ1) is 12.5. The van der Waals surface area contributed by atoms with Crippen LogP contribution in [-0.2, 0) is 0 Å². The summed E-state index contributed by atoms with van der Waals surface area (Å²) in [5.74, 6) is 0. The van der Waals surface area contributed by atoms with E-state index in [2.05, 4.69) is 25.2 Å². The fourth-order valence-corrected chi connectivity index (χ4v) is 1.77. The van der Waals surface area contributed by atoms with Crippen molar-refractivity contribution in [1.82, 2.24) is 5.32 Å². The third-order valence-electron chi connectivity index (χ3n) is 2.45. The average molecular weight is 228 g/mol. The maximum Gasteiger partial charge on any atom is 0.0445 e. The first-order chi connectivity index (χ1) is 7.13. The Kier molecular flexibility index (Phi) is 5.09. The molecule has 2 atom stereocenters. The SMILES string of the molecule is CC(CCO)NC(C)c1cccc(Cl)c1. The summed E-state index contributed by atoms with van der Waals surface area (Å²) in [6.45, 7) is 4.38. The summed E-state index contributed by atoms with van der Waals surface area (Å²) in [5.41, 5.74) is 1.17. The molecule has 0 bridgehead atoms. The zero-order valence-electron chi connectivity index (χ0n) is 9.20. The normalized spacial score (nSPS) is 14.9. The molecule has 2 unspecified atom stereocenters. The summed E-state index contributed by atoms with van der Waals surface area (Å²) in [7, 11) is 0. The second-order valence-corrected chi connectivity index (χ2v) is 4.29. The van der Waals surface area contributed by atoms with Crippen LogP contribution in [0.2, 0.25) is 5.02 Å². The third-order valence-corrected chi connectivity index (χ3v) is 2.68. The second-order valence-electron chi connectivity index (χ2n) is 3.86. The minimum atomic E-state index is 0.219. The molecule has 2 N–H and O–H groups in total. The zero-order chi connectivity index (χ0) is 11.3. The molecule has 0 aromatic heterocycles. The van der Waals surface area contributed by atoms with Crippen molar-refractivity contribution in [3.8, 4) is 0 Å². The Balaban J connectivity index is 2.56. The van der Waals surface area contributed by atoms with Gasteiger partial charge in [-0.15, -0.1) is 0 Å². The van der Waals surface area contributed by atoms with Gasteiger partial charge in [-0.3, -0.25) is 0 Å². The summed E-state index contributed by atoms with van der Waals surface area (Å²) in [5, 5.41) is 13.0. The highest BCUT2D eigenvalue weighted by Crippen LogP contribution is 2.17. The Morgan fingerprint density at radius 2 is 2.13 bits per heavy atom. The van der Waals surface area contributed by atoms with Crippen LogP contribution in [0.5, 0.6) is 0 Å². The minimum Gasteiger partial charge on any atom is -0.396 e. The lowest BCUT2D eigenvalue weighted by Gasteiger charge is -2.19. The molecule has 84 valence electrons. The molecule has 0 aliphatic heterocycles. The van der Waals surface area contributed by atoms with Crippen molar-refractivity contribution in [3.63, 3.8) is 0 Å². The van der Waals surface area contributed by atoms with E-state index < -0.39 is 0 Å². The van der Waals surface area contributed by atoms with E-state index in [1.807, 2.05) is 18.2 Å². The van der Waals surface area contributed by atoms with Crippen LogP contribution in [-0.4, -0.2) is 17.8 Å². The zero-order valence-corrected chi connectivity index (χ0v) is 9.96. The molecule has 0 aliphatic rings. The molecule has 0 radical (unpaired) electrons. The number of aliphatic hydroxyl groups excluding tert-OH is 1. The van der Waals surface area contributed by atoms with E-state index in [0.717, 1.165) is 11.4 Å². The van der Waals surface area contributed by atoms with E-state index in [4.69, 9.17) is 16.7 Å². The fraction of sp³-hybridized carbons (Fsp3) is 0.500. The van der Waals surface area contributed by atoms with Crippen LogP contribution >= 0.6 is 11.6 Å². The number of halogens is 1. The van der Waals surface area contributed by atoms with Gasteiger partial charge in [-0.25, -0.2) is 0 Å². The van der Waals surface area contributed by atoms with Gasteiger partial charge in [0.25, 0.3) is 0 Å². The summed E-state index contributed by atoms with van der Waals surface area (Å²) in [6.07, 6.45) is 0.769. The molecule has 0 aliphatic carbocycles. The lowest BCUT2D eigenvalue weighted by atomic mass is 10.1. The molecule has 0 saturated heterocycles. The Bertz CT molecular complexity index is 303. The standard InChI is InChI=1S/C12H18ClNO/c1-9(6-7-15)14-10(2)11-4-3-5-12(13)8-11/h3-5,8-10,14-15H,6-7H2,1-2H3. The smallest absolute Gasteiger partial charge is 0.0445 e. The topological polar surface area (TPSA) is 32.3 Å². The predicted octanol–water partition coefficient (Wildman–Crippen LogP) is 2.76. The third kappa shape index (κ3) is 4.20. The van der Waals surface area contributed by atoms with Crippen molar-refractivity contribution in [1.29, 1.82) is 0 Å². The van der Waals surface area contributed by atoms with E-state index in [-0.39, 0.29) is 12.6 Å². The van der Waals surface area contributed by atoms with Crippen molar-refractivity contribution in [2.45, 2.75) is 32.4 Å². The molecule has 0 heterocycles. The number of hydrogen-bond acceptors (Lipinski definition) is 2. The van der Waals surface area contributed by atoms with Gasteiger partial charge < -0.3 is 10.4 Å². The summed E-state index contributed by atoms with van der Waals surface area (Å²) < 4.78 is 0. The van der Waals surface area contributed by atoms with E-state index in [1.54, 1.807) is 0 Å². The monoisotopic (exact) mass is 227 g/mol. The molecule has 0 spiro atoms. The van der Waals surface area contributed by atoms with Crippen LogP contribution in [0.3, 0.4) is 0 Å². The minimum absolute atomic E-state index is 0.219. The quantitative estimate of drug-likeness (QED) is 0.811. The van der Waals surface area contributed by atoms with Crippen LogP contribution in [0.1, 0.15) is 31.9 Å². The summed E-state index contributed by atoms with van der Waals surface area (Å²) in [6, 6.07) is 8.40.